The van der Waals surface area contributed by atoms with Gasteiger partial charge in [-0.2, -0.15) is 8.42 Å². The Kier molecular flexibility index (Phi) is 5.07. The summed E-state index contributed by atoms with van der Waals surface area (Å²) in [5.41, 5.74) is 0.940. The van der Waals surface area contributed by atoms with Gasteiger partial charge >= 0.3 is 11.9 Å². The number of ether oxygens (including phenoxy) is 2. The Bertz CT molecular complexity index is 799. The van der Waals surface area contributed by atoms with Crippen molar-refractivity contribution in [3.63, 3.8) is 0 Å². The molecule has 5 unspecified atom stereocenters. The number of hydrogen-bond donors (Lipinski definition) is 0. The van der Waals surface area contributed by atoms with E-state index in [1.165, 1.54) is 26.4 Å². The van der Waals surface area contributed by atoms with Gasteiger partial charge in [-0.15, -0.1) is 0 Å². The van der Waals surface area contributed by atoms with Gasteiger partial charge in [0, 0.05) is 5.92 Å². The number of rotatable bonds is 5. The molecule has 0 amide bonds. The van der Waals surface area contributed by atoms with Crippen molar-refractivity contribution in [2.24, 2.45) is 23.7 Å². The van der Waals surface area contributed by atoms with E-state index in [9.17, 15) is 18.0 Å². The van der Waals surface area contributed by atoms with E-state index in [-0.39, 0.29) is 10.8 Å². The van der Waals surface area contributed by atoms with Gasteiger partial charge < -0.3 is 9.47 Å². The van der Waals surface area contributed by atoms with Crippen molar-refractivity contribution in [1.29, 1.82) is 0 Å². The van der Waals surface area contributed by atoms with Gasteiger partial charge in [-0.3, -0.25) is 13.8 Å². The van der Waals surface area contributed by atoms with E-state index in [1.54, 1.807) is 12.1 Å². The molecular formula is C18H22O7S. The maximum Gasteiger partial charge on any atom is 0.309 e. The third kappa shape index (κ3) is 3.23. The molecule has 0 aromatic heterocycles. The van der Waals surface area contributed by atoms with Crippen molar-refractivity contribution < 1.29 is 31.7 Å². The molecule has 2 aliphatic carbocycles. The number of hydrogen-bond acceptors (Lipinski definition) is 7. The number of carbonyl (C=O) groups is 2. The van der Waals surface area contributed by atoms with Crippen molar-refractivity contribution in [3.05, 3.63) is 29.8 Å². The van der Waals surface area contributed by atoms with Crippen LogP contribution in [0, 0.1) is 30.6 Å². The minimum Gasteiger partial charge on any atom is -0.469 e. The van der Waals surface area contributed by atoms with E-state index >= 15 is 0 Å². The number of carbonyl (C=O) groups excluding carboxylic acids is 2. The highest BCUT2D eigenvalue weighted by Gasteiger charge is 2.60. The molecular weight excluding hydrogens is 360 g/mol. The zero-order valence-electron chi connectivity index (χ0n) is 14.9. The second-order valence-corrected chi connectivity index (χ2v) is 8.47. The van der Waals surface area contributed by atoms with E-state index in [1.807, 2.05) is 6.92 Å². The zero-order valence-corrected chi connectivity index (χ0v) is 15.7. The van der Waals surface area contributed by atoms with Crippen LogP contribution in [0.25, 0.3) is 0 Å². The first-order valence-corrected chi connectivity index (χ1v) is 9.85. The number of benzene rings is 1. The zero-order chi connectivity index (χ0) is 19.1. The Labute approximate surface area is 152 Å². The largest absolute Gasteiger partial charge is 0.469 e. The van der Waals surface area contributed by atoms with Crippen LogP contribution in [0.3, 0.4) is 0 Å². The van der Waals surface area contributed by atoms with Crippen LogP contribution in [0.2, 0.25) is 0 Å². The van der Waals surface area contributed by atoms with E-state index < -0.39 is 45.9 Å². The molecule has 5 atom stereocenters. The molecule has 8 heteroatoms. The lowest BCUT2D eigenvalue weighted by Crippen LogP contribution is -2.42. The SMILES string of the molecule is COC(=O)C1C2CC(OS(=O)(=O)c3ccc(C)cc3)C(C2)C1C(=O)OC. The molecule has 1 aromatic rings. The molecule has 26 heavy (non-hydrogen) atoms. The molecule has 2 aliphatic rings. The van der Waals surface area contributed by atoms with Crippen LogP contribution in [0.4, 0.5) is 0 Å². The Balaban J connectivity index is 1.82. The molecule has 2 bridgehead atoms. The van der Waals surface area contributed by atoms with Crippen LogP contribution in [0.5, 0.6) is 0 Å². The minimum atomic E-state index is -3.95. The number of aryl methyl sites for hydroxylation is 1. The molecule has 0 heterocycles. The highest BCUT2D eigenvalue weighted by Crippen LogP contribution is 2.54. The normalized spacial score (nSPS) is 30.2. The minimum absolute atomic E-state index is 0.0741. The summed E-state index contributed by atoms with van der Waals surface area (Å²) < 4.78 is 40.2. The lowest BCUT2D eigenvalue weighted by atomic mass is 9.78. The molecule has 0 aliphatic heterocycles. The Hall–Kier alpha value is -1.93. The van der Waals surface area contributed by atoms with Crippen LogP contribution in [0.1, 0.15) is 18.4 Å². The van der Waals surface area contributed by atoms with Gasteiger partial charge in [0.1, 0.15) is 0 Å². The van der Waals surface area contributed by atoms with Crippen molar-refractivity contribution in [2.45, 2.75) is 30.8 Å². The smallest absolute Gasteiger partial charge is 0.309 e. The lowest BCUT2D eigenvalue weighted by Gasteiger charge is -2.32. The fourth-order valence-corrected chi connectivity index (χ4v) is 5.40. The average molecular weight is 382 g/mol. The molecule has 0 spiro atoms. The third-order valence-corrected chi connectivity index (χ3v) is 6.80. The summed E-state index contributed by atoms with van der Waals surface area (Å²) in [6.07, 6.45) is 0.271. The maximum atomic E-state index is 12.6. The summed E-state index contributed by atoms with van der Waals surface area (Å²) in [7, 11) is -1.42. The summed E-state index contributed by atoms with van der Waals surface area (Å²) in [6.45, 7) is 1.86. The van der Waals surface area contributed by atoms with Gasteiger partial charge in [0.05, 0.1) is 37.1 Å². The first kappa shape index (κ1) is 18.8. The molecule has 0 saturated heterocycles. The second kappa shape index (κ2) is 7.00. The summed E-state index contributed by atoms with van der Waals surface area (Å²) in [6, 6.07) is 6.38. The molecule has 3 rings (SSSR count). The fraction of sp³-hybridized carbons (Fsp3) is 0.556. The first-order chi connectivity index (χ1) is 12.3. The van der Waals surface area contributed by atoms with Crippen LogP contribution in [0.15, 0.2) is 29.2 Å². The monoisotopic (exact) mass is 382 g/mol. The van der Waals surface area contributed by atoms with Gasteiger partial charge in [0.2, 0.25) is 0 Å². The van der Waals surface area contributed by atoms with Crippen molar-refractivity contribution in [1.82, 2.24) is 0 Å². The summed E-state index contributed by atoms with van der Waals surface area (Å²) in [5, 5.41) is 0. The summed E-state index contributed by atoms with van der Waals surface area (Å²) in [4.78, 5) is 24.4. The standard InChI is InChI=1S/C18H22O7S/c1-10-4-6-12(7-5-10)26(21,22)25-14-9-11-8-13(14)16(18(20)24-3)15(11)17(19)23-2/h4-7,11,13-16H,8-9H2,1-3H3. The average Bonchev–Trinajstić information content (AvgIpc) is 3.18. The van der Waals surface area contributed by atoms with Crippen LogP contribution < -0.4 is 0 Å². The van der Waals surface area contributed by atoms with Gasteiger partial charge in [0.25, 0.3) is 10.1 Å². The van der Waals surface area contributed by atoms with Crippen molar-refractivity contribution in [3.8, 4) is 0 Å². The van der Waals surface area contributed by atoms with Gasteiger partial charge in [-0.25, -0.2) is 0 Å². The Morgan fingerprint density at radius 3 is 2.12 bits per heavy atom. The van der Waals surface area contributed by atoms with Crippen LogP contribution >= 0.6 is 0 Å². The molecule has 0 radical (unpaired) electrons. The summed E-state index contributed by atoms with van der Waals surface area (Å²) in [5.74, 6) is -2.91. The van der Waals surface area contributed by atoms with Crippen molar-refractivity contribution in [2.75, 3.05) is 14.2 Å². The van der Waals surface area contributed by atoms with E-state index in [0.29, 0.717) is 12.8 Å². The Morgan fingerprint density at radius 2 is 1.54 bits per heavy atom. The predicted octanol–water partition coefficient (Wildman–Crippen LogP) is 1.69. The highest BCUT2D eigenvalue weighted by molar-refractivity contribution is 7.86. The van der Waals surface area contributed by atoms with Crippen LogP contribution in [-0.4, -0.2) is 40.7 Å². The molecule has 0 N–H and O–H groups in total. The third-order valence-electron chi connectivity index (χ3n) is 5.45. The second-order valence-electron chi connectivity index (χ2n) is 6.90. The van der Waals surface area contributed by atoms with Gasteiger partial charge in [0.15, 0.2) is 0 Å². The summed E-state index contributed by atoms with van der Waals surface area (Å²) >= 11 is 0. The highest BCUT2D eigenvalue weighted by atomic mass is 32.2. The van der Waals surface area contributed by atoms with Crippen LogP contribution in [-0.2, 0) is 33.4 Å². The molecule has 142 valence electrons. The lowest BCUT2D eigenvalue weighted by molar-refractivity contribution is -0.162. The molecule has 2 saturated carbocycles. The number of esters is 2. The Morgan fingerprint density at radius 1 is 0.962 bits per heavy atom. The van der Waals surface area contributed by atoms with Gasteiger partial charge in [-0.05, 0) is 37.8 Å². The molecule has 1 aromatic carbocycles. The number of methoxy groups -OCH3 is 2. The molecule has 2 fully saturated rings. The molecule has 7 nitrogen and oxygen atoms in total. The fourth-order valence-electron chi connectivity index (χ4n) is 4.27. The van der Waals surface area contributed by atoms with E-state index in [4.69, 9.17) is 13.7 Å². The maximum absolute atomic E-state index is 12.6. The van der Waals surface area contributed by atoms with E-state index in [2.05, 4.69) is 0 Å². The predicted molar refractivity (Wildman–Crippen MR) is 90.5 cm³/mol. The van der Waals surface area contributed by atoms with E-state index in [0.717, 1.165) is 5.56 Å². The quantitative estimate of drug-likeness (QED) is 0.565. The first-order valence-electron chi connectivity index (χ1n) is 8.44. The van der Waals surface area contributed by atoms with Crippen molar-refractivity contribution >= 4 is 22.1 Å². The van der Waals surface area contributed by atoms with Gasteiger partial charge in [-0.1, -0.05) is 17.7 Å². The number of fused-ring (bicyclic) bond motifs is 2. The topological polar surface area (TPSA) is 96.0 Å².